The van der Waals surface area contributed by atoms with Crippen LogP contribution in [0.2, 0.25) is 0 Å². The average molecular weight is 599 g/mol. The van der Waals surface area contributed by atoms with E-state index in [1.807, 2.05) is 0 Å². The Morgan fingerprint density at radius 2 is 1.04 bits per heavy atom. The fraction of sp³-hybridized carbons (Fsp3) is 1.00. The maximum Gasteiger partial charge on any atom is -0.412 e. The topological polar surface area (TPSA) is 77.7 Å². The molecule has 0 aliphatic rings. The molecule has 0 heterocycles. The molecule has 1 radical (unpaired) electrons. The number of halogens is 1. The van der Waals surface area contributed by atoms with Crippen molar-refractivity contribution in [3.05, 3.63) is 0 Å². The Balaban J connectivity index is 0. The Labute approximate surface area is 172 Å². The minimum Gasteiger partial charge on any atom is -0.412 e. The van der Waals surface area contributed by atoms with Gasteiger partial charge in [0.1, 0.15) is 0 Å². The van der Waals surface area contributed by atoms with Gasteiger partial charge in [0, 0.05) is 0 Å². The van der Waals surface area contributed by atoms with Crippen LogP contribution < -0.4 is 0 Å². The molecule has 153 valence electrons. The van der Waals surface area contributed by atoms with E-state index in [0.29, 0.717) is 26.4 Å². The summed E-state index contributed by atoms with van der Waals surface area (Å²) in [6, 6.07) is 0. The molecule has 0 aromatic carbocycles. The quantitative estimate of drug-likeness (QED) is 0.175. The molecule has 9 heteroatoms. The SMILES string of the molecule is CCCC[O][Sn]([O]CCCC)[O][Sn]([Cl])([O]CCCC)[O]CCCC.O. The molecule has 0 saturated carbocycles. The van der Waals surface area contributed by atoms with Crippen molar-refractivity contribution in [2.24, 2.45) is 0 Å². The van der Waals surface area contributed by atoms with Crippen molar-refractivity contribution in [1.29, 1.82) is 0 Å². The Kier molecular flexibility index (Phi) is 23.5. The van der Waals surface area contributed by atoms with Crippen molar-refractivity contribution < 1.29 is 19.2 Å². The van der Waals surface area contributed by atoms with E-state index in [1.54, 1.807) is 0 Å². The smallest absolute Gasteiger partial charge is 0.412 e. The summed E-state index contributed by atoms with van der Waals surface area (Å²) in [5.74, 6) is 0. The van der Waals surface area contributed by atoms with Crippen LogP contribution in [0.15, 0.2) is 0 Å². The molecule has 0 atom stereocenters. The Morgan fingerprint density at radius 3 is 1.40 bits per heavy atom. The van der Waals surface area contributed by atoms with Crippen LogP contribution in [-0.4, -0.2) is 71.4 Å². The zero-order valence-corrected chi connectivity index (χ0v) is 22.9. The first-order chi connectivity index (χ1) is 11.6. The molecule has 0 spiro atoms. The van der Waals surface area contributed by atoms with E-state index in [-0.39, 0.29) is 5.48 Å². The van der Waals surface area contributed by atoms with E-state index in [1.165, 1.54) is 0 Å². The number of rotatable bonds is 18. The normalized spacial score (nSPS) is 11.8. The molecule has 0 bridgehead atoms. The van der Waals surface area contributed by atoms with Crippen LogP contribution in [0.25, 0.3) is 0 Å². The summed E-state index contributed by atoms with van der Waals surface area (Å²) in [5, 5.41) is 0. The van der Waals surface area contributed by atoms with E-state index in [4.69, 9.17) is 22.6 Å². The van der Waals surface area contributed by atoms with Gasteiger partial charge in [0.05, 0.1) is 0 Å². The fourth-order valence-corrected chi connectivity index (χ4v) is 19.5. The molecule has 6 nitrogen and oxygen atoms in total. The number of hydrogen-bond acceptors (Lipinski definition) is 5. The van der Waals surface area contributed by atoms with Crippen LogP contribution in [-0.2, 0) is 13.7 Å². The summed E-state index contributed by atoms with van der Waals surface area (Å²) in [5.41, 5.74) is 0. The second-order valence-corrected chi connectivity index (χ2v) is 20.7. The largest absolute Gasteiger partial charge is 0.412 e. The molecule has 0 rings (SSSR count). The van der Waals surface area contributed by atoms with Crippen molar-refractivity contribution in [2.45, 2.75) is 79.1 Å². The molecular weight excluding hydrogens is 561 g/mol. The minimum absolute atomic E-state index is 0. The summed E-state index contributed by atoms with van der Waals surface area (Å²) in [6.07, 6.45) is 8.20. The zero-order valence-electron chi connectivity index (χ0n) is 16.4. The summed E-state index contributed by atoms with van der Waals surface area (Å²) < 4.78 is 29.7. The van der Waals surface area contributed by atoms with Crippen LogP contribution >= 0.6 is 8.92 Å². The molecule has 2 N–H and O–H groups in total. The predicted molar refractivity (Wildman–Crippen MR) is 105 cm³/mol. The van der Waals surface area contributed by atoms with Crippen LogP contribution in [0.1, 0.15) is 79.1 Å². The van der Waals surface area contributed by atoms with E-state index >= 15 is 0 Å². The van der Waals surface area contributed by atoms with Crippen molar-refractivity contribution in [1.82, 2.24) is 0 Å². The molecule has 0 amide bonds. The van der Waals surface area contributed by atoms with Gasteiger partial charge in [0.25, 0.3) is 0 Å². The predicted octanol–water partition coefficient (Wildman–Crippen LogP) is 4.10. The summed E-state index contributed by atoms with van der Waals surface area (Å²) in [6.45, 7) is 11.0. The second kappa shape index (κ2) is 20.4. The van der Waals surface area contributed by atoms with Gasteiger partial charge < -0.3 is 5.48 Å². The van der Waals surface area contributed by atoms with Gasteiger partial charge in [-0.15, -0.1) is 0 Å². The maximum atomic E-state index is 6.66. The molecule has 0 aliphatic heterocycles. The summed E-state index contributed by atoms with van der Waals surface area (Å²) in [4.78, 5) is 0. The van der Waals surface area contributed by atoms with Crippen molar-refractivity contribution >= 4 is 48.4 Å². The van der Waals surface area contributed by atoms with Gasteiger partial charge in [-0.3, -0.25) is 0 Å². The van der Waals surface area contributed by atoms with Crippen LogP contribution in [0, 0.1) is 0 Å². The van der Waals surface area contributed by atoms with Crippen molar-refractivity contribution in [3.63, 3.8) is 0 Å². The Morgan fingerprint density at radius 1 is 0.680 bits per heavy atom. The van der Waals surface area contributed by atoms with Gasteiger partial charge in [-0.1, -0.05) is 0 Å². The van der Waals surface area contributed by atoms with Crippen LogP contribution in [0.5, 0.6) is 0 Å². The van der Waals surface area contributed by atoms with Gasteiger partial charge in [-0.2, -0.15) is 0 Å². The minimum atomic E-state index is -4.03. The first-order valence-corrected chi connectivity index (χ1v) is 20.0. The monoisotopic (exact) mass is 601 g/mol. The van der Waals surface area contributed by atoms with E-state index in [2.05, 4.69) is 27.7 Å². The van der Waals surface area contributed by atoms with Gasteiger partial charge in [-0.05, 0) is 0 Å². The van der Waals surface area contributed by atoms with Gasteiger partial charge in [-0.25, -0.2) is 0 Å². The molecular formula is C16H38ClO6Sn2. The standard InChI is InChI=1S/4C4H9O.ClH.H2O.O.2Sn/c4*1-2-3-4-5;;;;;/h4*2-4H2,1H3;1H;1H2;;;/q4*-1;;;;+2;+3/p-1. The molecule has 25 heavy (non-hydrogen) atoms. The van der Waals surface area contributed by atoms with E-state index < -0.39 is 39.5 Å². The first-order valence-electron chi connectivity index (χ1n) is 9.40. The summed E-state index contributed by atoms with van der Waals surface area (Å²) >= 11 is -6.98. The molecule has 0 aromatic heterocycles. The van der Waals surface area contributed by atoms with Crippen molar-refractivity contribution in [3.8, 4) is 0 Å². The van der Waals surface area contributed by atoms with E-state index in [9.17, 15) is 0 Å². The molecule has 0 unspecified atom stereocenters. The van der Waals surface area contributed by atoms with Crippen LogP contribution in [0.3, 0.4) is 0 Å². The van der Waals surface area contributed by atoms with Crippen molar-refractivity contribution in [2.75, 3.05) is 26.4 Å². The molecule has 0 aromatic rings. The third-order valence-electron chi connectivity index (χ3n) is 3.19. The fourth-order valence-electron chi connectivity index (χ4n) is 1.58. The Bertz CT molecular complexity index is 257. The first kappa shape index (κ1) is 28.9. The number of hydrogen-bond donors (Lipinski definition) is 0. The van der Waals surface area contributed by atoms with Gasteiger partial charge in [0.15, 0.2) is 0 Å². The van der Waals surface area contributed by atoms with Gasteiger partial charge in [0.2, 0.25) is 0 Å². The summed E-state index contributed by atoms with van der Waals surface area (Å²) in [7, 11) is 6.66. The Hall–Kier alpha value is 1.65. The molecule has 0 aliphatic carbocycles. The third kappa shape index (κ3) is 17.5. The van der Waals surface area contributed by atoms with Crippen LogP contribution in [0.4, 0.5) is 0 Å². The molecule has 0 saturated heterocycles. The van der Waals surface area contributed by atoms with E-state index in [0.717, 1.165) is 51.4 Å². The third-order valence-corrected chi connectivity index (χ3v) is 22.8. The zero-order chi connectivity index (χ0) is 18.1. The maximum absolute atomic E-state index is 6.66. The second-order valence-electron chi connectivity index (χ2n) is 5.64. The van der Waals surface area contributed by atoms with Gasteiger partial charge >= 0.3 is 168 Å². The number of unbranched alkanes of at least 4 members (excludes halogenated alkanes) is 4. The average Bonchev–Trinajstić information content (AvgIpc) is 2.55. The molecule has 0 fully saturated rings.